The van der Waals surface area contributed by atoms with Gasteiger partial charge in [0.05, 0.1) is 5.39 Å². The SMILES string of the molecule is Cc1cc2oc(-c3ccc(Cl)cc3)c(O)c(=O)c2cc1Cl. The number of hydrogen-bond donors (Lipinski definition) is 1. The Bertz CT molecular complexity index is 896. The van der Waals surface area contributed by atoms with Crippen LogP contribution in [0.5, 0.6) is 5.75 Å². The van der Waals surface area contributed by atoms with Crippen LogP contribution in [0.2, 0.25) is 10.0 Å². The number of hydrogen-bond acceptors (Lipinski definition) is 3. The molecule has 0 saturated carbocycles. The van der Waals surface area contributed by atoms with E-state index in [1.807, 2.05) is 6.92 Å². The van der Waals surface area contributed by atoms with Gasteiger partial charge in [-0.2, -0.15) is 0 Å². The summed E-state index contributed by atoms with van der Waals surface area (Å²) in [7, 11) is 0. The Labute approximate surface area is 130 Å². The van der Waals surface area contributed by atoms with Crippen molar-refractivity contribution in [3.63, 3.8) is 0 Å². The van der Waals surface area contributed by atoms with Crippen LogP contribution in [0.3, 0.4) is 0 Å². The molecule has 0 aliphatic heterocycles. The van der Waals surface area contributed by atoms with Gasteiger partial charge in [-0.3, -0.25) is 4.79 Å². The quantitative estimate of drug-likeness (QED) is 0.701. The van der Waals surface area contributed by atoms with Crippen LogP contribution in [0.4, 0.5) is 0 Å². The predicted octanol–water partition coefficient (Wildman–Crippen LogP) is 4.78. The molecule has 1 aromatic heterocycles. The van der Waals surface area contributed by atoms with E-state index < -0.39 is 11.2 Å². The van der Waals surface area contributed by atoms with Crippen LogP contribution in [-0.2, 0) is 0 Å². The molecule has 3 rings (SSSR count). The molecule has 1 heterocycles. The van der Waals surface area contributed by atoms with E-state index in [0.29, 0.717) is 21.2 Å². The van der Waals surface area contributed by atoms with Gasteiger partial charge in [-0.15, -0.1) is 0 Å². The van der Waals surface area contributed by atoms with Gasteiger partial charge in [0, 0.05) is 15.6 Å². The molecule has 0 aliphatic carbocycles. The second kappa shape index (κ2) is 5.10. The van der Waals surface area contributed by atoms with Crippen LogP contribution in [-0.4, -0.2) is 5.11 Å². The van der Waals surface area contributed by atoms with Gasteiger partial charge in [-0.25, -0.2) is 0 Å². The molecule has 5 heteroatoms. The summed E-state index contributed by atoms with van der Waals surface area (Å²) in [4.78, 5) is 12.3. The summed E-state index contributed by atoms with van der Waals surface area (Å²) in [6, 6.07) is 9.85. The summed E-state index contributed by atoms with van der Waals surface area (Å²) < 4.78 is 5.68. The maximum absolute atomic E-state index is 12.3. The molecule has 0 unspecified atom stereocenters. The lowest BCUT2D eigenvalue weighted by Crippen LogP contribution is -2.03. The van der Waals surface area contributed by atoms with Gasteiger partial charge in [0.1, 0.15) is 5.58 Å². The normalized spacial score (nSPS) is 11.0. The zero-order valence-corrected chi connectivity index (χ0v) is 12.5. The van der Waals surface area contributed by atoms with Crippen molar-refractivity contribution in [2.45, 2.75) is 6.92 Å². The molecule has 0 spiro atoms. The summed E-state index contributed by atoms with van der Waals surface area (Å²) in [6.07, 6.45) is 0. The number of aryl methyl sites for hydroxylation is 1. The third kappa shape index (κ3) is 2.39. The van der Waals surface area contributed by atoms with E-state index in [2.05, 4.69) is 0 Å². The van der Waals surface area contributed by atoms with E-state index >= 15 is 0 Å². The minimum absolute atomic E-state index is 0.117. The number of halogens is 2. The van der Waals surface area contributed by atoms with E-state index in [0.717, 1.165) is 5.56 Å². The van der Waals surface area contributed by atoms with Crippen molar-refractivity contribution in [1.29, 1.82) is 0 Å². The molecule has 106 valence electrons. The Hall–Kier alpha value is -1.97. The summed E-state index contributed by atoms with van der Waals surface area (Å²) in [6.45, 7) is 1.82. The fourth-order valence-corrected chi connectivity index (χ4v) is 2.39. The lowest BCUT2D eigenvalue weighted by atomic mass is 10.1. The highest BCUT2D eigenvalue weighted by molar-refractivity contribution is 6.32. The average molecular weight is 321 g/mol. The highest BCUT2D eigenvalue weighted by Crippen LogP contribution is 2.32. The number of aromatic hydroxyl groups is 1. The molecule has 2 aromatic carbocycles. The topological polar surface area (TPSA) is 50.4 Å². The van der Waals surface area contributed by atoms with Crippen LogP contribution in [0.15, 0.2) is 45.6 Å². The van der Waals surface area contributed by atoms with Gasteiger partial charge >= 0.3 is 0 Å². The Kier molecular flexibility index (Phi) is 3.40. The highest BCUT2D eigenvalue weighted by Gasteiger charge is 2.16. The summed E-state index contributed by atoms with van der Waals surface area (Å²) in [5, 5.41) is 11.4. The van der Waals surface area contributed by atoms with Crippen LogP contribution in [0.1, 0.15) is 5.56 Å². The van der Waals surface area contributed by atoms with Gasteiger partial charge in [0.25, 0.3) is 0 Å². The van der Waals surface area contributed by atoms with Crippen LogP contribution < -0.4 is 5.43 Å². The predicted molar refractivity (Wildman–Crippen MR) is 84.3 cm³/mol. The van der Waals surface area contributed by atoms with E-state index in [1.165, 1.54) is 6.07 Å². The largest absolute Gasteiger partial charge is 0.502 e. The number of fused-ring (bicyclic) bond motifs is 1. The standard InChI is InChI=1S/C16H10Cl2O3/c1-8-6-13-11(7-12(8)18)14(19)15(20)16(21-13)9-2-4-10(17)5-3-9/h2-7,20H,1H3. The number of rotatable bonds is 1. The average Bonchev–Trinajstić information content (AvgIpc) is 2.46. The first-order valence-electron chi connectivity index (χ1n) is 6.19. The molecular weight excluding hydrogens is 311 g/mol. The third-order valence-corrected chi connectivity index (χ3v) is 3.91. The van der Waals surface area contributed by atoms with Gasteiger partial charge in [-0.1, -0.05) is 23.2 Å². The Balaban J connectivity index is 2.34. The lowest BCUT2D eigenvalue weighted by molar-refractivity contribution is 0.449. The summed E-state index contributed by atoms with van der Waals surface area (Å²) >= 11 is 11.8. The zero-order chi connectivity index (χ0) is 15.1. The second-order valence-corrected chi connectivity index (χ2v) is 5.56. The molecular formula is C16H10Cl2O3. The monoisotopic (exact) mass is 320 g/mol. The molecule has 21 heavy (non-hydrogen) atoms. The van der Waals surface area contributed by atoms with Crippen molar-refractivity contribution < 1.29 is 9.52 Å². The van der Waals surface area contributed by atoms with Gasteiger partial charge < -0.3 is 9.52 Å². The number of benzene rings is 2. The molecule has 0 saturated heterocycles. The fourth-order valence-electron chi connectivity index (χ4n) is 2.10. The lowest BCUT2D eigenvalue weighted by Gasteiger charge is -2.07. The maximum atomic E-state index is 12.3. The Morgan fingerprint density at radius 2 is 1.76 bits per heavy atom. The molecule has 0 fully saturated rings. The highest BCUT2D eigenvalue weighted by atomic mass is 35.5. The van der Waals surface area contributed by atoms with Crippen molar-refractivity contribution >= 4 is 34.2 Å². The first kappa shape index (κ1) is 14.0. The van der Waals surface area contributed by atoms with Crippen LogP contribution >= 0.6 is 23.2 Å². The van der Waals surface area contributed by atoms with Gasteiger partial charge in [0.2, 0.25) is 11.2 Å². The summed E-state index contributed by atoms with van der Waals surface area (Å²) in [5.41, 5.74) is 1.23. The van der Waals surface area contributed by atoms with Crippen LogP contribution in [0.25, 0.3) is 22.3 Å². The molecule has 3 nitrogen and oxygen atoms in total. The minimum atomic E-state index is -0.511. The first-order chi connectivity index (χ1) is 9.97. The zero-order valence-electron chi connectivity index (χ0n) is 11.0. The van der Waals surface area contributed by atoms with Crippen molar-refractivity contribution in [3.8, 4) is 17.1 Å². The molecule has 0 radical (unpaired) electrons. The van der Waals surface area contributed by atoms with Crippen molar-refractivity contribution in [2.75, 3.05) is 0 Å². The van der Waals surface area contributed by atoms with Crippen molar-refractivity contribution in [1.82, 2.24) is 0 Å². The van der Waals surface area contributed by atoms with Crippen molar-refractivity contribution in [2.24, 2.45) is 0 Å². The van der Waals surface area contributed by atoms with Gasteiger partial charge in [0.15, 0.2) is 5.76 Å². The summed E-state index contributed by atoms with van der Waals surface area (Å²) in [5.74, 6) is -0.323. The van der Waals surface area contributed by atoms with E-state index in [1.54, 1.807) is 30.3 Å². The molecule has 0 amide bonds. The molecule has 0 bridgehead atoms. The first-order valence-corrected chi connectivity index (χ1v) is 6.95. The fraction of sp³-hybridized carbons (Fsp3) is 0.0625. The maximum Gasteiger partial charge on any atom is 0.235 e. The van der Waals surface area contributed by atoms with Gasteiger partial charge in [-0.05, 0) is 48.9 Å². The van der Waals surface area contributed by atoms with E-state index in [9.17, 15) is 9.90 Å². The third-order valence-electron chi connectivity index (χ3n) is 3.25. The molecule has 0 aliphatic rings. The van der Waals surface area contributed by atoms with Crippen molar-refractivity contribution in [3.05, 3.63) is 62.2 Å². The minimum Gasteiger partial charge on any atom is -0.502 e. The smallest absolute Gasteiger partial charge is 0.235 e. The van der Waals surface area contributed by atoms with Crippen LogP contribution in [0, 0.1) is 6.92 Å². The Morgan fingerprint density at radius 3 is 2.43 bits per heavy atom. The molecule has 1 N–H and O–H groups in total. The second-order valence-electron chi connectivity index (χ2n) is 4.71. The molecule has 0 atom stereocenters. The Morgan fingerprint density at radius 1 is 1.10 bits per heavy atom. The molecule has 3 aromatic rings. The van der Waals surface area contributed by atoms with E-state index in [4.69, 9.17) is 27.6 Å². The van der Waals surface area contributed by atoms with E-state index in [-0.39, 0.29) is 11.1 Å².